The minimum absolute atomic E-state index is 0.158. The molecular weight excluding hydrogens is 374 g/mol. The Morgan fingerprint density at radius 1 is 1.17 bits per heavy atom. The summed E-state index contributed by atoms with van der Waals surface area (Å²) >= 11 is 0. The Hall–Kier alpha value is -2.96. The Labute approximate surface area is 167 Å². The van der Waals surface area contributed by atoms with E-state index in [2.05, 4.69) is 40.8 Å². The van der Waals surface area contributed by atoms with E-state index in [9.17, 15) is 8.78 Å². The number of nitrogens with zero attached hydrogens (tertiary/aromatic N) is 4. The Bertz CT molecular complexity index is 1060. The van der Waals surface area contributed by atoms with Crippen molar-refractivity contribution in [3.05, 3.63) is 71.6 Å². The van der Waals surface area contributed by atoms with Crippen LogP contribution in [0.15, 0.2) is 41.3 Å². The molecule has 0 saturated heterocycles. The highest BCUT2D eigenvalue weighted by atomic mass is 19.1. The number of halogens is 2. The molecule has 2 aromatic heterocycles. The van der Waals surface area contributed by atoms with Gasteiger partial charge in [-0.2, -0.15) is 5.10 Å². The minimum atomic E-state index is -0.776. The molecule has 0 bridgehead atoms. The molecule has 0 radical (unpaired) electrons. The summed E-state index contributed by atoms with van der Waals surface area (Å²) in [5, 5.41) is 16.8. The van der Waals surface area contributed by atoms with Gasteiger partial charge in [0, 0.05) is 6.92 Å². The van der Waals surface area contributed by atoms with Gasteiger partial charge in [0.25, 0.3) is 0 Å². The van der Waals surface area contributed by atoms with Crippen LogP contribution in [0.2, 0.25) is 0 Å². The van der Waals surface area contributed by atoms with Crippen LogP contribution in [0.5, 0.6) is 0 Å². The van der Waals surface area contributed by atoms with Gasteiger partial charge in [-0.25, -0.2) is 8.78 Å². The van der Waals surface area contributed by atoms with Crippen molar-refractivity contribution in [1.82, 2.24) is 20.4 Å². The molecule has 2 atom stereocenters. The average Bonchev–Trinajstić information content (AvgIpc) is 3.13. The first kappa shape index (κ1) is 19.4. The van der Waals surface area contributed by atoms with Gasteiger partial charge in [-0.05, 0) is 48.4 Å². The number of benzene rings is 1. The van der Waals surface area contributed by atoms with Gasteiger partial charge in [-0.1, -0.05) is 26.0 Å². The monoisotopic (exact) mass is 396 g/mol. The standard InChI is InChI=1S/C22H22F2N4O/c1-5-22(21-28-25-13(4)29-21)10-9-14(12(2)3)15-11-18(26-27-20(15)22)19-16(23)7-6-8-17(19)24/h5-8,11-12,14H,1,9-10H2,2-4H3/t14-,22+/m1/s1. The Kier molecular flexibility index (Phi) is 4.76. The molecule has 0 spiro atoms. The second-order valence-corrected chi connectivity index (χ2v) is 7.82. The number of rotatable bonds is 4. The molecule has 0 fully saturated rings. The number of aromatic nitrogens is 4. The van der Waals surface area contributed by atoms with Crippen LogP contribution in [0.3, 0.4) is 0 Å². The minimum Gasteiger partial charge on any atom is -0.424 e. The zero-order chi connectivity index (χ0) is 20.8. The van der Waals surface area contributed by atoms with Gasteiger partial charge < -0.3 is 4.42 Å². The summed E-state index contributed by atoms with van der Waals surface area (Å²) in [5.74, 6) is -0.00800. The topological polar surface area (TPSA) is 64.7 Å². The van der Waals surface area contributed by atoms with Crippen molar-refractivity contribution in [3.8, 4) is 11.3 Å². The molecular formula is C22H22F2N4O. The molecule has 2 heterocycles. The van der Waals surface area contributed by atoms with E-state index >= 15 is 0 Å². The molecule has 1 aromatic carbocycles. The lowest BCUT2D eigenvalue weighted by Gasteiger charge is -2.37. The summed E-state index contributed by atoms with van der Waals surface area (Å²) in [6.07, 6.45) is 3.27. The number of aryl methyl sites for hydroxylation is 1. The van der Waals surface area contributed by atoms with Crippen molar-refractivity contribution in [3.63, 3.8) is 0 Å². The molecule has 0 N–H and O–H groups in total. The summed E-state index contributed by atoms with van der Waals surface area (Å²) < 4.78 is 34.4. The molecule has 7 heteroatoms. The van der Waals surface area contributed by atoms with E-state index in [0.717, 1.165) is 12.0 Å². The summed E-state index contributed by atoms with van der Waals surface area (Å²) in [6, 6.07) is 5.51. The molecule has 5 nitrogen and oxygen atoms in total. The molecule has 0 amide bonds. The molecule has 1 aliphatic rings. The third-order valence-electron chi connectivity index (χ3n) is 5.77. The van der Waals surface area contributed by atoms with Gasteiger partial charge in [0.1, 0.15) is 17.0 Å². The van der Waals surface area contributed by atoms with Crippen molar-refractivity contribution in [1.29, 1.82) is 0 Å². The van der Waals surface area contributed by atoms with Gasteiger partial charge in [0.2, 0.25) is 11.8 Å². The fourth-order valence-electron chi connectivity index (χ4n) is 4.22. The van der Waals surface area contributed by atoms with Crippen LogP contribution in [-0.4, -0.2) is 20.4 Å². The fraction of sp³-hybridized carbons (Fsp3) is 0.364. The maximum absolute atomic E-state index is 14.4. The summed E-state index contributed by atoms with van der Waals surface area (Å²) in [6.45, 7) is 9.97. The Morgan fingerprint density at radius 2 is 1.90 bits per heavy atom. The molecule has 150 valence electrons. The SMILES string of the molecule is C=C[C@]1(c2nnc(C)o2)CC[C@H](C(C)C)c2cc(-c3c(F)cccc3F)nnc21. The van der Waals surface area contributed by atoms with E-state index in [4.69, 9.17) is 4.42 Å². The predicted octanol–water partition coefficient (Wildman–Crippen LogP) is 5.12. The zero-order valence-corrected chi connectivity index (χ0v) is 16.6. The van der Waals surface area contributed by atoms with Crippen molar-refractivity contribution in [2.45, 2.75) is 44.9 Å². The van der Waals surface area contributed by atoms with Crippen LogP contribution in [0, 0.1) is 24.5 Å². The lowest BCUT2D eigenvalue weighted by molar-refractivity contribution is 0.321. The van der Waals surface area contributed by atoms with Gasteiger partial charge in [0.05, 0.1) is 17.0 Å². The van der Waals surface area contributed by atoms with E-state index in [1.807, 2.05) is 0 Å². The van der Waals surface area contributed by atoms with Crippen molar-refractivity contribution >= 4 is 0 Å². The van der Waals surface area contributed by atoms with E-state index < -0.39 is 17.0 Å². The third kappa shape index (κ3) is 3.05. The summed E-state index contributed by atoms with van der Waals surface area (Å²) in [5.41, 5.74) is 0.762. The molecule has 3 aromatic rings. The van der Waals surface area contributed by atoms with Crippen LogP contribution in [0.1, 0.15) is 55.6 Å². The molecule has 4 rings (SSSR count). The normalized spacial score (nSPS) is 21.2. The van der Waals surface area contributed by atoms with E-state index in [1.54, 1.807) is 19.1 Å². The Balaban J connectivity index is 1.95. The summed E-state index contributed by atoms with van der Waals surface area (Å²) in [7, 11) is 0. The number of allylic oxidation sites excluding steroid dienone is 1. The van der Waals surface area contributed by atoms with Crippen molar-refractivity contribution in [2.24, 2.45) is 5.92 Å². The van der Waals surface area contributed by atoms with Crippen LogP contribution in [0.25, 0.3) is 11.3 Å². The maximum Gasteiger partial charge on any atom is 0.232 e. The highest BCUT2D eigenvalue weighted by Gasteiger charge is 2.45. The van der Waals surface area contributed by atoms with Crippen LogP contribution >= 0.6 is 0 Å². The second-order valence-electron chi connectivity index (χ2n) is 7.82. The summed E-state index contributed by atoms with van der Waals surface area (Å²) in [4.78, 5) is 0. The number of fused-ring (bicyclic) bond motifs is 1. The lowest BCUT2D eigenvalue weighted by Crippen LogP contribution is -2.35. The highest BCUT2D eigenvalue weighted by Crippen LogP contribution is 2.49. The van der Waals surface area contributed by atoms with E-state index in [-0.39, 0.29) is 17.2 Å². The number of hydrogen-bond acceptors (Lipinski definition) is 5. The van der Waals surface area contributed by atoms with Crippen LogP contribution in [-0.2, 0) is 5.41 Å². The smallest absolute Gasteiger partial charge is 0.232 e. The van der Waals surface area contributed by atoms with E-state index in [1.165, 1.54) is 18.2 Å². The average molecular weight is 396 g/mol. The van der Waals surface area contributed by atoms with Crippen LogP contribution < -0.4 is 0 Å². The molecule has 1 aliphatic carbocycles. The third-order valence-corrected chi connectivity index (χ3v) is 5.77. The quantitative estimate of drug-likeness (QED) is 0.573. The largest absolute Gasteiger partial charge is 0.424 e. The van der Waals surface area contributed by atoms with Crippen molar-refractivity contribution in [2.75, 3.05) is 0 Å². The van der Waals surface area contributed by atoms with Crippen LogP contribution in [0.4, 0.5) is 8.78 Å². The maximum atomic E-state index is 14.4. The van der Waals surface area contributed by atoms with E-state index in [0.29, 0.717) is 29.8 Å². The fourth-order valence-corrected chi connectivity index (χ4v) is 4.22. The second kappa shape index (κ2) is 7.13. The molecule has 0 aliphatic heterocycles. The Morgan fingerprint density at radius 3 is 2.48 bits per heavy atom. The van der Waals surface area contributed by atoms with Gasteiger partial charge in [-0.15, -0.1) is 21.9 Å². The first-order valence-electron chi connectivity index (χ1n) is 9.64. The first-order chi connectivity index (χ1) is 13.9. The lowest BCUT2D eigenvalue weighted by atomic mass is 9.66. The molecule has 29 heavy (non-hydrogen) atoms. The van der Waals surface area contributed by atoms with Gasteiger partial charge >= 0.3 is 0 Å². The number of hydrogen-bond donors (Lipinski definition) is 0. The zero-order valence-electron chi connectivity index (χ0n) is 16.6. The highest BCUT2D eigenvalue weighted by molar-refractivity contribution is 5.62. The predicted molar refractivity (Wildman–Crippen MR) is 104 cm³/mol. The van der Waals surface area contributed by atoms with Crippen molar-refractivity contribution < 1.29 is 13.2 Å². The molecule has 0 unspecified atom stereocenters. The van der Waals surface area contributed by atoms with Gasteiger partial charge in [-0.3, -0.25) is 0 Å². The van der Waals surface area contributed by atoms with Gasteiger partial charge in [0.15, 0.2) is 0 Å². The molecule has 0 saturated carbocycles. The first-order valence-corrected chi connectivity index (χ1v) is 9.64.